The molecule has 0 fully saturated rings. The highest BCUT2D eigenvalue weighted by Crippen LogP contribution is 2.28. The molecule has 0 amide bonds. The van der Waals surface area contributed by atoms with Gasteiger partial charge in [0.05, 0.1) is 12.3 Å². The Morgan fingerprint density at radius 3 is 2.32 bits per heavy atom. The first-order valence-electron chi connectivity index (χ1n) is 8.38. The molecule has 1 unspecified atom stereocenters. The molecule has 0 saturated carbocycles. The van der Waals surface area contributed by atoms with Crippen LogP contribution in [-0.2, 0) is 0 Å². The Balaban J connectivity index is 0.00000312. The Morgan fingerprint density at radius 2 is 1.76 bits per heavy atom. The van der Waals surface area contributed by atoms with E-state index in [0.29, 0.717) is 11.3 Å². The van der Waals surface area contributed by atoms with E-state index in [1.807, 2.05) is 36.4 Å². The number of benzene rings is 1. The third kappa shape index (κ3) is 8.47. The van der Waals surface area contributed by atoms with Crippen molar-refractivity contribution < 1.29 is 22.9 Å². The zero-order valence-corrected chi connectivity index (χ0v) is 17.0. The van der Waals surface area contributed by atoms with E-state index in [4.69, 9.17) is 4.74 Å². The Labute approximate surface area is 160 Å². The highest BCUT2D eigenvalue weighted by molar-refractivity contribution is 7.18. The predicted molar refractivity (Wildman–Crippen MR) is 101 cm³/mol. The van der Waals surface area contributed by atoms with Gasteiger partial charge in [0.15, 0.2) is 5.00 Å². The van der Waals surface area contributed by atoms with E-state index in [2.05, 4.69) is 43.7 Å². The van der Waals surface area contributed by atoms with Gasteiger partial charge in [0.25, 0.3) is 0 Å². The standard InChI is InChI=1S/C19H27N3OS.ClH/c1-14(13-19(2,3)4)11-12-23-16-7-5-15(6-8-16)21-22-18-10-9-17(20)24-18;/h5-10,14H,11-13,20H2,1-4H3;1H. The third-order valence-corrected chi connectivity index (χ3v) is 4.41. The topological polar surface area (TPSA) is 61.6 Å². The van der Waals surface area contributed by atoms with Crippen molar-refractivity contribution in [3.63, 3.8) is 0 Å². The first kappa shape index (κ1) is 21.6. The fourth-order valence-corrected chi connectivity index (χ4v) is 3.28. The minimum absolute atomic E-state index is 0. The second-order valence-corrected chi connectivity index (χ2v) is 8.59. The lowest BCUT2D eigenvalue weighted by atomic mass is 9.84. The minimum atomic E-state index is 0. The van der Waals surface area contributed by atoms with Crippen molar-refractivity contribution in [1.29, 1.82) is 0 Å². The molecule has 6 heteroatoms. The number of hydrogen-bond acceptors (Lipinski definition) is 4. The molecule has 0 radical (unpaired) electrons. The quantitative estimate of drug-likeness (QED) is 0.736. The van der Waals surface area contributed by atoms with Crippen LogP contribution < -0.4 is 22.9 Å². The first-order valence-corrected chi connectivity index (χ1v) is 9.20. The van der Waals surface area contributed by atoms with Crippen LogP contribution in [0.15, 0.2) is 46.6 Å². The molecule has 3 N–H and O–H groups in total. The Bertz CT molecular complexity index is 662. The smallest absolute Gasteiger partial charge is 0.185 e. The van der Waals surface area contributed by atoms with Gasteiger partial charge in [-0.15, -0.1) is 10.2 Å². The summed E-state index contributed by atoms with van der Waals surface area (Å²) in [4.78, 5) is 0. The lowest BCUT2D eigenvalue weighted by molar-refractivity contribution is -0.248. The fraction of sp³-hybridized carbons (Fsp3) is 0.474. The number of halogens is 1. The average Bonchev–Trinajstić information content (AvgIpc) is 2.90. The van der Waals surface area contributed by atoms with Gasteiger partial charge in [-0.1, -0.05) is 39.0 Å². The van der Waals surface area contributed by atoms with Crippen molar-refractivity contribution >= 4 is 27.0 Å². The molecule has 2 rings (SSSR count). The second-order valence-electron chi connectivity index (χ2n) is 7.44. The van der Waals surface area contributed by atoms with Gasteiger partial charge in [-0.2, -0.15) is 0 Å². The second kappa shape index (κ2) is 9.90. The van der Waals surface area contributed by atoms with E-state index >= 15 is 0 Å². The number of quaternary nitrogens is 1. The van der Waals surface area contributed by atoms with Crippen LogP contribution in [0.1, 0.15) is 40.5 Å². The summed E-state index contributed by atoms with van der Waals surface area (Å²) in [6.45, 7) is 9.89. The molecule has 1 aromatic heterocycles. The maximum absolute atomic E-state index is 5.83. The summed E-state index contributed by atoms with van der Waals surface area (Å²) in [5.41, 5.74) is 5.07. The molecule has 0 spiro atoms. The summed E-state index contributed by atoms with van der Waals surface area (Å²) in [6, 6.07) is 11.6. The van der Waals surface area contributed by atoms with Gasteiger partial charge in [-0.3, -0.25) is 0 Å². The molecule has 2 aromatic rings. The summed E-state index contributed by atoms with van der Waals surface area (Å²) >= 11 is 1.53. The molecule has 0 aliphatic carbocycles. The maximum Gasteiger partial charge on any atom is 0.185 e. The fourth-order valence-electron chi connectivity index (χ4n) is 2.66. The lowest BCUT2D eigenvalue weighted by Crippen LogP contribution is -3.00. The number of hydrogen-bond donors (Lipinski definition) is 1. The van der Waals surface area contributed by atoms with E-state index < -0.39 is 0 Å². The van der Waals surface area contributed by atoms with E-state index in [-0.39, 0.29) is 12.4 Å². The molecule has 138 valence electrons. The van der Waals surface area contributed by atoms with Crippen LogP contribution in [0.3, 0.4) is 0 Å². The summed E-state index contributed by atoms with van der Waals surface area (Å²) in [5.74, 6) is 1.55. The van der Waals surface area contributed by atoms with Crippen LogP contribution in [-0.4, -0.2) is 6.61 Å². The van der Waals surface area contributed by atoms with Crippen molar-refractivity contribution in [2.45, 2.75) is 40.5 Å². The predicted octanol–water partition coefficient (Wildman–Crippen LogP) is 2.88. The van der Waals surface area contributed by atoms with Crippen LogP contribution >= 0.6 is 11.3 Å². The van der Waals surface area contributed by atoms with E-state index in [1.54, 1.807) is 0 Å². The van der Waals surface area contributed by atoms with Crippen LogP contribution in [0.4, 0.5) is 15.7 Å². The molecular weight excluding hydrogens is 354 g/mol. The largest absolute Gasteiger partial charge is 1.00 e. The molecule has 1 heterocycles. The summed E-state index contributed by atoms with van der Waals surface area (Å²) in [6.07, 6.45) is 2.29. The molecular formula is C19H28ClN3OS. The van der Waals surface area contributed by atoms with Gasteiger partial charge in [-0.25, -0.2) is 0 Å². The number of nitrogens with zero attached hydrogens (tertiary/aromatic N) is 2. The molecule has 1 aromatic carbocycles. The monoisotopic (exact) mass is 381 g/mol. The van der Waals surface area contributed by atoms with Crippen LogP contribution in [0.5, 0.6) is 5.75 Å². The molecule has 0 aliphatic heterocycles. The van der Waals surface area contributed by atoms with Crippen molar-refractivity contribution in [3.8, 4) is 5.75 Å². The van der Waals surface area contributed by atoms with Crippen molar-refractivity contribution in [3.05, 3.63) is 36.4 Å². The zero-order valence-electron chi connectivity index (χ0n) is 15.5. The van der Waals surface area contributed by atoms with E-state index in [9.17, 15) is 0 Å². The van der Waals surface area contributed by atoms with Crippen molar-refractivity contribution in [1.82, 2.24) is 0 Å². The number of ether oxygens (including phenoxy) is 1. The normalized spacial score (nSPS) is 12.8. The van der Waals surface area contributed by atoms with Gasteiger partial charge in [0.2, 0.25) is 0 Å². The first-order chi connectivity index (χ1) is 11.3. The number of thiophene rings is 1. The summed E-state index contributed by atoms with van der Waals surface area (Å²) in [7, 11) is 0. The van der Waals surface area contributed by atoms with E-state index in [1.165, 1.54) is 17.8 Å². The number of rotatable bonds is 7. The zero-order chi connectivity index (χ0) is 17.6. The lowest BCUT2D eigenvalue weighted by Gasteiger charge is -2.23. The van der Waals surface area contributed by atoms with Crippen molar-refractivity contribution in [2.75, 3.05) is 6.61 Å². The van der Waals surface area contributed by atoms with Gasteiger partial charge in [0.1, 0.15) is 10.8 Å². The third-order valence-electron chi connectivity index (χ3n) is 3.59. The SMILES string of the molecule is CC(CCOc1ccc(N=Nc2ccc([NH3+])s2)cc1)CC(C)(C)C.[Cl-]. The van der Waals surface area contributed by atoms with Crippen LogP contribution in [0.25, 0.3) is 0 Å². The van der Waals surface area contributed by atoms with Crippen molar-refractivity contribution in [2.24, 2.45) is 21.6 Å². The van der Waals surface area contributed by atoms with E-state index in [0.717, 1.165) is 34.5 Å². The van der Waals surface area contributed by atoms with Gasteiger partial charge in [-0.05, 0) is 54.5 Å². The van der Waals surface area contributed by atoms with Gasteiger partial charge >= 0.3 is 0 Å². The average molecular weight is 382 g/mol. The maximum atomic E-state index is 5.83. The molecule has 1 atom stereocenters. The van der Waals surface area contributed by atoms with Gasteiger partial charge < -0.3 is 22.9 Å². The molecule has 25 heavy (non-hydrogen) atoms. The van der Waals surface area contributed by atoms with Gasteiger partial charge in [0, 0.05) is 6.07 Å². The Kier molecular flexibility index (Phi) is 8.56. The molecule has 0 saturated heterocycles. The summed E-state index contributed by atoms with van der Waals surface area (Å²) < 4.78 is 5.83. The molecule has 0 aliphatic rings. The molecule has 0 bridgehead atoms. The molecule has 4 nitrogen and oxygen atoms in total. The van der Waals surface area contributed by atoms with Crippen LogP contribution in [0.2, 0.25) is 0 Å². The Hall–Kier alpha value is -1.43. The highest BCUT2D eigenvalue weighted by atomic mass is 35.5. The Morgan fingerprint density at radius 1 is 1.08 bits per heavy atom. The summed E-state index contributed by atoms with van der Waals surface area (Å²) in [5, 5.41) is 10.3. The minimum Gasteiger partial charge on any atom is -1.00 e. The number of azo groups is 1. The highest BCUT2D eigenvalue weighted by Gasteiger charge is 2.15. The van der Waals surface area contributed by atoms with Crippen LogP contribution in [0, 0.1) is 11.3 Å².